The lowest BCUT2D eigenvalue weighted by atomic mass is 9.97. The van der Waals surface area contributed by atoms with E-state index in [0.717, 1.165) is 34.6 Å². The van der Waals surface area contributed by atoms with Gasteiger partial charge in [-0.2, -0.15) is 0 Å². The van der Waals surface area contributed by atoms with E-state index in [4.69, 9.17) is 49.1 Å². The quantitative estimate of drug-likeness (QED) is 0.213. The molecule has 2 saturated heterocycles. The lowest BCUT2D eigenvalue weighted by Crippen LogP contribution is -2.65. The van der Waals surface area contributed by atoms with Crippen molar-refractivity contribution in [3.8, 4) is 12.3 Å². The average Bonchev–Trinajstić information content (AvgIpc) is 2.80. The van der Waals surface area contributed by atoms with E-state index < -0.39 is 91.3 Å². The van der Waals surface area contributed by atoms with Crippen molar-refractivity contribution < 1.29 is 66.6 Å². The second-order valence-corrected chi connectivity index (χ2v) is 8.91. The van der Waals surface area contributed by atoms with Crippen LogP contribution in [-0.4, -0.2) is 97.9 Å². The largest absolute Gasteiger partial charge is 0.456 e. The molecule has 0 aromatic carbocycles. The normalized spacial score (nSPS) is 34.1. The molecule has 0 amide bonds. The minimum absolute atomic E-state index is 0.234. The molecule has 2 rings (SSSR count). The zero-order valence-corrected chi connectivity index (χ0v) is 22.8. The molecule has 10 atom stereocenters. The summed E-state index contributed by atoms with van der Waals surface area (Å²) in [6.45, 7) is 8.51. The van der Waals surface area contributed by atoms with Crippen molar-refractivity contribution in [2.24, 2.45) is 0 Å². The number of esters is 5. The third-order valence-electron chi connectivity index (χ3n) is 5.59. The van der Waals surface area contributed by atoms with Crippen LogP contribution in [0.2, 0.25) is 0 Å². The Morgan fingerprint density at radius 1 is 0.590 bits per heavy atom. The zero-order chi connectivity index (χ0) is 29.4. The Balaban J connectivity index is 2.55. The Labute approximate surface area is 225 Å². The molecule has 39 heavy (non-hydrogen) atoms. The molecule has 0 radical (unpaired) electrons. The Morgan fingerprint density at radius 2 is 0.949 bits per heavy atom. The van der Waals surface area contributed by atoms with E-state index in [9.17, 15) is 24.0 Å². The van der Waals surface area contributed by atoms with Crippen LogP contribution < -0.4 is 0 Å². The van der Waals surface area contributed by atoms with Crippen LogP contribution >= 0.6 is 0 Å². The molecule has 0 aromatic heterocycles. The Bertz CT molecular complexity index is 957. The zero-order valence-electron chi connectivity index (χ0n) is 22.8. The molecule has 2 heterocycles. The molecule has 0 spiro atoms. The summed E-state index contributed by atoms with van der Waals surface area (Å²) in [4.78, 5) is 59.6. The summed E-state index contributed by atoms with van der Waals surface area (Å²) in [5.41, 5.74) is 0. The molecule has 0 aromatic rings. The third kappa shape index (κ3) is 8.89. The minimum atomic E-state index is -1.50. The highest BCUT2D eigenvalue weighted by Crippen LogP contribution is 2.35. The van der Waals surface area contributed by atoms with Crippen LogP contribution in [0.25, 0.3) is 0 Å². The van der Waals surface area contributed by atoms with Gasteiger partial charge in [0.25, 0.3) is 0 Å². The van der Waals surface area contributed by atoms with Crippen LogP contribution in [0, 0.1) is 12.3 Å². The first-order valence-electron chi connectivity index (χ1n) is 12.1. The van der Waals surface area contributed by atoms with Gasteiger partial charge in [0, 0.05) is 34.6 Å². The summed E-state index contributed by atoms with van der Waals surface area (Å²) in [6, 6.07) is 0. The van der Waals surface area contributed by atoms with Gasteiger partial charge in [-0.05, 0) is 13.8 Å². The number of hydrogen-bond acceptors (Lipinski definition) is 14. The number of terminal acetylenes is 1. The van der Waals surface area contributed by atoms with Crippen molar-refractivity contribution in [3.05, 3.63) is 0 Å². The van der Waals surface area contributed by atoms with Crippen LogP contribution in [-0.2, 0) is 66.6 Å². The molecule has 14 heteroatoms. The molecule has 0 bridgehead atoms. The SMILES string of the molecule is C#CCO[C@@H]1OC(C)[C@H](OC(C)=O)C(OC(C)=O)C1O[C@@H]1OC(C)[C@H](OC(C)=O)C(OC(C)=O)C1OC(C)=O. The maximum absolute atomic E-state index is 12.1. The fraction of sp³-hybridized carbons (Fsp3) is 0.720. The van der Waals surface area contributed by atoms with Gasteiger partial charge in [-0.15, -0.1) is 6.42 Å². The Kier molecular flexibility index (Phi) is 11.7. The number of carbonyl (C=O) groups is 5. The van der Waals surface area contributed by atoms with Gasteiger partial charge in [-0.1, -0.05) is 5.92 Å². The first-order chi connectivity index (χ1) is 18.2. The second-order valence-electron chi connectivity index (χ2n) is 8.91. The maximum Gasteiger partial charge on any atom is 0.303 e. The molecule has 14 nitrogen and oxygen atoms in total. The average molecular weight is 559 g/mol. The first-order valence-corrected chi connectivity index (χ1v) is 12.1. The highest BCUT2D eigenvalue weighted by atomic mass is 16.8. The summed E-state index contributed by atoms with van der Waals surface area (Å²) in [5, 5.41) is 0. The van der Waals surface area contributed by atoms with E-state index in [1.54, 1.807) is 6.92 Å². The van der Waals surface area contributed by atoms with Crippen molar-refractivity contribution in [2.45, 2.75) is 110 Å². The summed E-state index contributed by atoms with van der Waals surface area (Å²) in [5.74, 6) is -1.40. The number of ether oxygens (including phenoxy) is 9. The Morgan fingerprint density at radius 3 is 1.36 bits per heavy atom. The van der Waals surface area contributed by atoms with Crippen LogP contribution in [0.15, 0.2) is 0 Å². The van der Waals surface area contributed by atoms with E-state index in [2.05, 4.69) is 5.92 Å². The van der Waals surface area contributed by atoms with E-state index in [1.807, 2.05) is 0 Å². The fourth-order valence-electron chi connectivity index (χ4n) is 4.30. The van der Waals surface area contributed by atoms with Gasteiger partial charge in [-0.3, -0.25) is 24.0 Å². The first kappa shape index (κ1) is 32.0. The summed E-state index contributed by atoms with van der Waals surface area (Å²) in [6.07, 6.45) is -7.02. The predicted molar refractivity (Wildman–Crippen MR) is 126 cm³/mol. The van der Waals surface area contributed by atoms with Gasteiger partial charge in [0.05, 0.1) is 12.2 Å². The van der Waals surface area contributed by atoms with E-state index in [1.165, 1.54) is 6.92 Å². The van der Waals surface area contributed by atoms with Crippen molar-refractivity contribution in [1.82, 2.24) is 0 Å². The van der Waals surface area contributed by atoms with Crippen LogP contribution in [0.3, 0.4) is 0 Å². The van der Waals surface area contributed by atoms with E-state index in [-0.39, 0.29) is 6.61 Å². The van der Waals surface area contributed by atoms with E-state index in [0.29, 0.717) is 0 Å². The maximum atomic E-state index is 12.1. The monoisotopic (exact) mass is 558 g/mol. The standard InChI is InChI=1S/C25H34O14/c1-9-10-31-24-22(20(36-15(6)28)18(11(2)32-24)34-13(4)26)39-25-23(38-17(8)30)21(37-16(7)29)19(12(3)33-25)35-14(5)27/h1,11-12,18-25H,10H2,2-8H3/t11?,12?,18-,19-,20?,21?,22?,23?,24+,25-/m0/s1. The van der Waals surface area contributed by atoms with Gasteiger partial charge in [0.1, 0.15) is 6.61 Å². The molecule has 2 aliphatic rings. The molecular formula is C25H34O14. The highest BCUT2D eigenvalue weighted by molar-refractivity contribution is 5.69. The topological polar surface area (TPSA) is 168 Å². The molecular weight excluding hydrogens is 524 g/mol. The van der Waals surface area contributed by atoms with Crippen molar-refractivity contribution in [1.29, 1.82) is 0 Å². The molecule has 0 aliphatic carbocycles. The lowest BCUT2D eigenvalue weighted by molar-refractivity contribution is -0.362. The molecule has 6 unspecified atom stereocenters. The summed E-state index contributed by atoms with van der Waals surface area (Å²) >= 11 is 0. The molecule has 0 N–H and O–H groups in total. The van der Waals surface area contributed by atoms with Gasteiger partial charge in [-0.25, -0.2) is 0 Å². The highest BCUT2D eigenvalue weighted by Gasteiger charge is 2.56. The molecule has 218 valence electrons. The van der Waals surface area contributed by atoms with Crippen molar-refractivity contribution >= 4 is 29.8 Å². The van der Waals surface area contributed by atoms with Crippen LogP contribution in [0.4, 0.5) is 0 Å². The second kappa shape index (κ2) is 14.2. The molecule has 0 saturated carbocycles. The fourth-order valence-corrected chi connectivity index (χ4v) is 4.30. The van der Waals surface area contributed by atoms with Crippen molar-refractivity contribution in [2.75, 3.05) is 6.61 Å². The van der Waals surface area contributed by atoms with Gasteiger partial charge in [0.2, 0.25) is 0 Å². The summed E-state index contributed by atoms with van der Waals surface area (Å²) in [7, 11) is 0. The third-order valence-corrected chi connectivity index (χ3v) is 5.59. The van der Waals surface area contributed by atoms with Crippen LogP contribution in [0.1, 0.15) is 48.5 Å². The van der Waals surface area contributed by atoms with Gasteiger partial charge < -0.3 is 42.6 Å². The van der Waals surface area contributed by atoms with Crippen LogP contribution in [0.5, 0.6) is 0 Å². The minimum Gasteiger partial charge on any atom is -0.456 e. The lowest BCUT2D eigenvalue weighted by Gasteiger charge is -2.48. The molecule has 2 aliphatic heterocycles. The number of hydrogen-bond donors (Lipinski definition) is 0. The van der Waals surface area contributed by atoms with Gasteiger partial charge >= 0.3 is 29.8 Å². The number of rotatable bonds is 9. The van der Waals surface area contributed by atoms with E-state index >= 15 is 0 Å². The predicted octanol–water partition coefficient (Wildman–Crippen LogP) is 0.170. The van der Waals surface area contributed by atoms with Gasteiger partial charge in [0.15, 0.2) is 49.2 Å². The van der Waals surface area contributed by atoms with Crippen molar-refractivity contribution in [3.63, 3.8) is 0 Å². The Hall–Kier alpha value is -3.25. The summed E-state index contributed by atoms with van der Waals surface area (Å²) < 4.78 is 50.4. The number of carbonyl (C=O) groups excluding carboxylic acids is 5. The molecule has 2 fully saturated rings. The smallest absolute Gasteiger partial charge is 0.303 e.